The predicted octanol–water partition coefficient (Wildman–Crippen LogP) is 2.42. The fraction of sp³-hybridized carbons (Fsp3) is 0.562. The second kappa shape index (κ2) is 4.64. The highest BCUT2D eigenvalue weighted by atomic mass is 16.2. The van der Waals surface area contributed by atoms with Crippen molar-refractivity contribution < 1.29 is 4.79 Å². The average molecular weight is 258 g/mol. The second-order valence-electron chi connectivity index (χ2n) is 6.05. The van der Waals surface area contributed by atoms with Crippen molar-refractivity contribution in [3.05, 3.63) is 29.3 Å². The molecule has 0 aromatic heterocycles. The number of amides is 1. The number of anilines is 1. The van der Waals surface area contributed by atoms with E-state index >= 15 is 0 Å². The molecule has 2 aliphatic rings. The lowest BCUT2D eigenvalue weighted by Gasteiger charge is -2.35. The van der Waals surface area contributed by atoms with Gasteiger partial charge >= 0.3 is 0 Å². The van der Waals surface area contributed by atoms with Crippen LogP contribution in [-0.4, -0.2) is 24.5 Å². The van der Waals surface area contributed by atoms with Crippen molar-refractivity contribution in [3.8, 4) is 0 Å². The molecule has 0 bridgehead atoms. The van der Waals surface area contributed by atoms with Gasteiger partial charge in [-0.25, -0.2) is 0 Å². The first kappa shape index (κ1) is 12.7. The molecule has 0 spiro atoms. The molecule has 1 aromatic rings. The van der Waals surface area contributed by atoms with Gasteiger partial charge in [-0.05, 0) is 57.7 Å². The molecule has 1 unspecified atom stereocenters. The number of fused-ring (bicyclic) bond motifs is 1. The monoisotopic (exact) mass is 258 g/mol. The lowest BCUT2D eigenvalue weighted by atomic mass is 9.94. The molecule has 1 amide bonds. The zero-order chi connectivity index (χ0) is 13.5. The quantitative estimate of drug-likeness (QED) is 0.839. The van der Waals surface area contributed by atoms with Gasteiger partial charge < -0.3 is 10.2 Å². The van der Waals surface area contributed by atoms with E-state index in [2.05, 4.69) is 30.4 Å². The van der Waals surface area contributed by atoms with E-state index in [0.29, 0.717) is 0 Å². The molecule has 102 valence electrons. The van der Waals surface area contributed by atoms with Gasteiger partial charge in [0, 0.05) is 12.2 Å². The third kappa shape index (κ3) is 2.16. The first-order valence-electron chi connectivity index (χ1n) is 7.27. The highest BCUT2D eigenvalue weighted by Gasteiger charge is 2.40. The molecule has 2 heterocycles. The van der Waals surface area contributed by atoms with Crippen molar-refractivity contribution in [1.29, 1.82) is 0 Å². The Morgan fingerprint density at radius 3 is 2.95 bits per heavy atom. The molecule has 2 aliphatic heterocycles. The van der Waals surface area contributed by atoms with Crippen LogP contribution in [0.2, 0.25) is 0 Å². The second-order valence-corrected chi connectivity index (χ2v) is 6.05. The van der Waals surface area contributed by atoms with Crippen molar-refractivity contribution in [2.45, 2.75) is 45.1 Å². The van der Waals surface area contributed by atoms with Gasteiger partial charge in [0.15, 0.2) is 0 Å². The summed E-state index contributed by atoms with van der Waals surface area (Å²) in [4.78, 5) is 14.8. The lowest BCUT2D eigenvalue weighted by Crippen LogP contribution is -2.54. The van der Waals surface area contributed by atoms with Crippen LogP contribution in [0.5, 0.6) is 0 Å². The molecule has 3 nitrogen and oxygen atoms in total. The van der Waals surface area contributed by atoms with Crippen LogP contribution in [-0.2, 0) is 11.2 Å². The van der Waals surface area contributed by atoms with Crippen molar-refractivity contribution in [2.75, 3.05) is 18.0 Å². The molecule has 1 fully saturated rings. The SMILES string of the molecule is Cc1ccc2c(c1)CCCN2C(=O)C1(C)CCCN1. The summed E-state index contributed by atoms with van der Waals surface area (Å²) in [6.07, 6.45) is 4.20. The zero-order valence-electron chi connectivity index (χ0n) is 11.8. The highest BCUT2D eigenvalue weighted by Crippen LogP contribution is 2.31. The fourth-order valence-corrected chi connectivity index (χ4v) is 3.31. The summed E-state index contributed by atoms with van der Waals surface area (Å²) in [5.41, 5.74) is 3.36. The maximum Gasteiger partial charge on any atom is 0.247 e. The van der Waals surface area contributed by atoms with E-state index < -0.39 is 0 Å². The Labute approximate surface area is 115 Å². The van der Waals surface area contributed by atoms with Gasteiger partial charge in [-0.2, -0.15) is 0 Å². The molecule has 1 aromatic carbocycles. The van der Waals surface area contributed by atoms with E-state index in [4.69, 9.17) is 0 Å². The highest BCUT2D eigenvalue weighted by molar-refractivity contribution is 6.01. The number of carbonyl (C=O) groups is 1. The van der Waals surface area contributed by atoms with Gasteiger partial charge in [0.2, 0.25) is 5.91 Å². The number of nitrogens with zero attached hydrogens (tertiary/aromatic N) is 1. The lowest BCUT2D eigenvalue weighted by molar-refractivity contribution is -0.123. The van der Waals surface area contributed by atoms with Crippen LogP contribution in [0.3, 0.4) is 0 Å². The van der Waals surface area contributed by atoms with Crippen LogP contribution in [0.25, 0.3) is 0 Å². The van der Waals surface area contributed by atoms with Gasteiger partial charge in [0.1, 0.15) is 0 Å². The zero-order valence-corrected chi connectivity index (χ0v) is 11.8. The van der Waals surface area contributed by atoms with Crippen LogP contribution in [0.15, 0.2) is 18.2 Å². The first-order valence-corrected chi connectivity index (χ1v) is 7.27. The van der Waals surface area contributed by atoms with Crippen LogP contribution in [0.1, 0.15) is 37.3 Å². The Bertz CT molecular complexity index is 503. The normalized spacial score (nSPS) is 26.3. The Morgan fingerprint density at radius 2 is 2.21 bits per heavy atom. The number of carbonyl (C=O) groups excluding carboxylic acids is 1. The fourth-order valence-electron chi connectivity index (χ4n) is 3.31. The number of aryl methyl sites for hydroxylation is 2. The minimum atomic E-state index is -0.362. The summed E-state index contributed by atoms with van der Waals surface area (Å²) >= 11 is 0. The van der Waals surface area contributed by atoms with Crippen molar-refractivity contribution in [2.24, 2.45) is 0 Å². The van der Waals surface area contributed by atoms with Crippen molar-refractivity contribution in [3.63, 3.8) is 0 Å². The molecule has 1 N–H and O–H groups in total. The van der Waals surface area contributed by atoms with Gasteiger partial charge in [-0.3, -0.25) is 4.79 Å². The molecule has 0 aliphatic carbocycles. The third-order valence-corrected chi connectivity index (χ3v) is 4.44. The Balaban J connectivity index is 1.93. The van der Waals surface area contributed by atoms with Gasteiger partial charge in [0.25, 0.3) is 0 Å². The summed E-state index contributed by atoms with van der Waals surface area (Å²) in [5, 5.41) is 3.38. The van der Waals surface area contributed by atoms with Crippen LogP contribution in [0.4, 0.5) is 5.69 Å². The van der Waals surface area contributed by atoms with E-state index in [1.807, 2.05) is 11.8 Å². The maximum absolute atomic E-state index is 12.8. The van der Waals surface area contributed by atoms with Crippen LogP contribution >= 0.6 is 0 Å². The van der Waals surface area contributed by atoms with E-state index in [-0.39, 0.29) is 11.4 Å². The number of nitrogens with one attached hydrogen (secondary N) is 1. The molecule has 1 saturated heterocycles. The van der Waals surface area contributed by atoms with E-state index in [1.165, 1.54) is 11.1 Å². The molecule has 19 heavy (non-hydrogen) atoms. The minimum absolute atomic E-state index is 0.245. The molecule has 3 heteroatoms. The molecule has 0 radical (unpaired) electrons. The Kier molecular flexibility index (Phi) is 3.09. The molecular formula is C16H22N2O. The Morgan fingerprint density at radius 1 is 1.37 bits per heavy atom. The molecule has 0 saturated carbocycles. The topological polar surface area (TPSA) is 32.3 Å². The number of hydrogen-bond acceptors (Lipinski definition) is 2. The van der Waals surface area contributed by atoms with Crippen LogP contribution < -0.4 is 10.2 Å². The smallest absolute Gasteiger partial charge is 0.247 e. The van der Waals surface area contributed by atoms with Crippen molar-refractivity contribution in [1.82, 2.24) is 5.32 Å². The van der Waals surface area contributed by atoms with Gasteiger partial charge in [0.05, 0.1) is 5.54 Å². The summed E-state index contributed by atoms with van der Waals surface area (Å²) in [5.74, 6) is 0.245. The molecule has 3 rings (SSSR count). The third-order valence-electron chi connectivity index (χ3n) is 4.44. The van der Waals surface area contributed by atoms with E-state index in [0.717, 1.165) is 44.5 Å². The summed E-state index contributed by atoms with van der Waals surface area (Å²) in [6, 6.07) is 6.44. The van der Waals surface area contributed by atoms with E-state index in [9.17, 15) is 4.79 Å². The Hall–Kier alpha value is -1.35. The van der Waals surface area contributed by atoms with Gasteiger partial charge in [-0.15, -0.1) is 0 Å². The first-order chi connectivity index (χ1) is 9.10. The minimum Gasteiger partial charge on any atom is -0.311 e. The maximum atomic E-state index is 12.8. The summed E-state index contributed by atoms with van der Waals surface area (Å²) in [7, 11) is 0. The molecule has 1 atom stereocenters. The summed E-state index contributed by atoms with van der Waals surface area (Å²) < 4.78 is 0. The number of rotatable bonds is 1. The largest absolute Gasteiger partial charge is 0.311 e. The molecular weight excluding hydrogens is 236 g/mol. The number of benzene rings is 1. The summed E-state index contributed by atoms with van der Waals surface area (Å²) in [6.45, 7) is 5.97. The van der Waals surface area contributed by atoms with E-state index in [1.54, 1.807) is 0 Å². The predicted molar refractivity (Wildman–Crippen MR) is 77.5 cm³/mol. The van der Waals surface area contributed by atoms with Crippen molar-refractivity contribution >= 4 is 11.6 Å². The van der Waals surface area contributed by atoms with Crippen LogP contribution in [0, 0.1) is 6.92 Å². The standard InChI is InChI=1S/C16H22N2O/c1-12-6-7-14-13(11-12)5-3-10-18(14)15(19)16(2)8-4-9-17-16/h6-7,11,17H,3-5,8-10H2,1-2H3. The number of hydrogen-bond donors (Lipinski definition) is 1. The van der Waals surface area contributed by atoms with Gasteiger partial charge in [-0.1, -0.05) is 17.7 Å². The average Bonchev–Trinajstić information content (AvgIpc) is 2.85.